The van der Waals surface area contributed by atoms with Gasteiger partial charge in [0.15, 0.2) is 11.5 Å². The summed E-state index contributed by atoms with van der Waals surface area (Å²) in [6, 6.07) is 3.53. The van der Waals surface area contributed by atoms with Gasteiger partial charge in [-0.2, -0.15) is 13.4 Å². The summed E-state index contributed by atoms with van der Waals surface area (Å²) in [5.74, 6) is -0.0516. The van der Waals surface area contributed by atoms with Gasteiger partial charge in [0.1, 0.15) is 18.3 Å². The Morgan fingerprint density at radius 2 is 1.58 bits per heavy atom. The summed E-state index contributed by atoms with van der Waals surface area (Å²) in [4.78, 5) is 34.0. The molecule has 33 heavy (non-hydrogen) atoms. The van der Waals surface area contributed by atoms with Crippen LogP contribution in [0.4, 0.5) is 0 Å². The molecule has 16 heteroatoms. The van der Waals surface area contributed by atoms with Gasteiger partial charge in [0.2, 0.25) is 0 Å². The fraction of sp³-hybridized carbons (Fsp3) is 0.412. The normalized spacial score (nSPS) is 14.2. The first-order valence-electron chi connectivity index (χ1n) is 8.99. The molecule has 2 heterocycles. The number of fused-ring (bicyclic) bond motifs is 2. The molecule has 0 fully saturated rings. The Balaban J connectivity index is 0.000000821. The van der Waals surface area contributed by atoms with E-state index in [0.29, 0.717) is 11.0 Å². The van der Waals surface area contributed by atoms with E-state index in [1.165, 1.54) is 4.57 Å². The van der Waals surface area contributed by atoms with Crippen LogP contribution in [0.3, 0.4) is 0 Å². The van der Waals surface area contributed by atoms with E-state index in [-0.39, 0.29) is 47.6 Å². The number of hydrogen-bond donors (Lipinski definition) is 7. The van der Waals surface area contributed by atoms with E-state index in [2.05, 4.69) is 15.0 Å². The van der Waals surface area contributed by atoms with Gasteiger partial charge in [-0.15, -0.1) is 0 Å². The van der Waals surface area contributed by atoms with Gasteiger partial charge >= 0.3 is 45.6 Å². The molecule has 3 atom stereocenters. The van der Waals surface area contributed by atoms with Gasteiger partial charge in [0.05, 0.1) is 24.2 Å². The van der Waals surface area contributed by atoms with Crippen molar-refractivity contribution >= 4 is 51.0 Å². The van der Waals surface area contributed by atoms with Crippen LogP contribution >= 0.6 is 0 Å². The number of nitrogens with one attached hydrogen (secondary N) is 1. The number of rotatable bonds is 5. The van der Waals surface area contributed by atoms with Gasteiger partial charge in [-0.1, -0.05) is 0 Å². The zero-order valence-electron chi connectivity index (χ0n) is 16.9. The van der Waals surface area contributed by atoms with Crippen molar-refractivity contribution in [3.05, 3.63) is 44.1 Å². The van der Waals surface area contributed by atoms with Crippen molar-refractivity contribution in [3.8, 4) is 11.5 Å². The fourth-order valence-corrected chi connectivity index (χ4v) is 2.89. The molecule has 3 rings (SSSR count). The molecule has 2 aliphatic rings. The van der Waals surface area contributed by atoms with E-state index in [0.717, 1.165) is 11.1 Å². The average molecular weight is 498 g/mol. The minimum atomic E-state index is -4.67. The van der Waals surface area contributed by atoms with Gasteiger partial charge in [0, 0.05) is 0 Å². The Bertz CT molecular complexity index is 1300. The number of aromatic nitrogens is 4. The first-order chi connectivity index (χ1) is 14.7. The first-order valence-corrected chi connectivity index (χ1v) is 10.4. The quantitative estimate of drug-likeness (QED) is 0.106. The molecule has 14 nitrogen and oxygen atoms in total. The van der Waals surface area contributed by atoms with E-state index in [4.69, 9.17) is 22.6 Å². The number of hydrogen-bond acceptors (Lipinski definition) is 10. The molecule has 0 radical (unpaired) electrons. The zero-order chi connectivity index (χ0) is 24.4. The monoisotopic (exact) mass is 498 g/mol. The SMILES string of the molecule is Cc1cc2nc3c(=O)[nH]c(=O)nc-3n(C[C@H](O)[C@H](O)[C@H](O)CO)c2cc1C.O=S(=O)(O)O.[NaH]. The summed E-state index contributed by atoms with van der Waals surface area (Å²) in [6.45, 7) is 2.73. The summed E-state index contributed by atoms with van der Waals surface area (Å²) in [7, 11) is -4.67. The van der Waals surface area contributed by atoms with Crippen molar-refractivity contribution in [2.75, 3.05) is 6.61 Å². The summed E-state index contributed by atoms with van der Waals surface area (Å²) in [5.41, 5.74) is 1.11. The second-order valence-corrected chi connectivity index (χ2v) is 7.84. The number of aliphatic hydroxyl groups is 4. The summed E-state index contributed by atoms with van der Waals surface area (Å²) < 4.78 is 33.0. The van der Waals surface area contributed by atoms with Crippen molar-refractivity contribution in [3.63, 3.8) is 0 Å². The molecule has 0 spiro atoms. The predicted molar refractivity (Wildman–Crippen MR) is 117 cm³/mol. The second kappa shape index (κ2) is 11.6. The Kier molecular flexibility index (Phi) is 10.2. The minimum absolute atomic E-state index is 0. The molecule has 2 aliphatic heterocycles. The maximum atomic E-state index is 12.2. The molecule has 0 aliphatic carbocycles. The van der Waals surface area contributed by atoms with Gasteiger partial charge < -0.3 is 25.0 Å². The molecule has 7 N–H and O–H groups in total. The van der Waals surface area contributed by atoms with E-state index in [1.807, 2.05) is 13.8 Å². The Morgan fingerprint density at radius 1 is 1.03 bits per heavy atom. The Labute approximate surface area is 208 Å². The van der Waals surface area contributed by atoms with Crippen LogP contribution in [0.2, 0.25) is 0 Å². The molecule has 178 valence electrons. The van der Waals surface area contributed by atoms with Crippen LogP contribution in [-0.4, -0.2) is 112 Å². The second-order valence-electron chi connectivity index (χ2n) is 6.95. The Morgan fingerprint density at radius 3 is 2.12 bits per heavy atom. The predicted octanol–water partition coefficient (Wildman–Crippen LogP) is -3.02. The molecule has 0 saturated heterocycles. The molecule has 0 bridgehead atoms. The van der Waals surface area contributed by atoms with Crippen molar-refractivity contribution in [2.24, 2.45) is 0 Å². The number of nitrogens with zero attached hydrogens (tertiary/aromatic N) is 3. The number of H-pyrrole nitrogens is 1. The molecule has 0 saturated carbocycles. The van der Waals surface area contributed by atoms with Crippen LogP contribution in [0.25, 0.3) is 22.6 Å². The fourth-order valence-electron chi connectivity index (χ4n) is 2.89. The summed E-state index contributed by atoms with van der Waals surface area (Å²) >= 11 is 0. The molecule has 1 aromatic rings. The van der Waals surface area contributed by atoms with E-state index >= 15 is 0 Å². The van der Waals surface area contributed by atoms with Crippen molar-refractivity contribution in [1.29, 1.82) is 0 Å². The molecule has 0 unspecified atom stereocenters. The van der Waals surface area contributed by atoms with Crippen molar-refractivity contribution in [1.82, 2.24) is 19.5 Å². The number of aliphatic hydroxyl groups excluding tert-OH is 4. The standard InChI is InChI=1S/C17H20N4O6.Na.H2O4S.H/c1-7-3-9-10(4-8(7)2)21(5-11(23)14(25)12(24)6-22)15-13(18-9)16(26)20-17(27)19-15;;1-5(2,3)4;/h3-4,11-12,14,22-25H,5-6H2,1-2H3,(H,20,26,27);;(H2,1,2,3,4);/t11-,12+,14-;;;/m0.../s1. The third kappa shape index (κ3) is 7.61. The van der Waals surface area contributed by atoms with Crippen molar-refractivity contribution < 1.29 is 37.9 Å². The van der Waals surface area contributed by atoms with Gasteiger partial charge in [-0.3, -0.25) is 18.9 Å². The third-order valence-corrected chi connectivity index (χ3v) is 4.57. The molecule has 0 aromatic heterocycles. The van der Waals surface area contributed by atoms with Crippen molar-refractivity contribution in [2.45, 2.75) is 38.7 Å². The van der Waals surface area contributed by atoms with Crippen LogP contribution in [0.1, 0.15) is 11.1 Å². The van der Waals surface area contributed by atoms with E-state index < -0.39 is 46.6 Å². The Hall–Kier alpha value is -1.79. The zero-order valence-corrected chi connectivity index (χ0v) is 17.7. The van der Waals surface area contributed by atoms with Crippen LogP contribution in [0.5, 0.6) is 0 Å². The summed E-state index contributed by atoms with van der Waals surface area (Å²) in [6.07, 6.45) is -4.68. The molecule has 0 amide bonds. The van der Waals surface area contributed by atoms with Crippen LogP contribution in [0, 0.1) is 13.8 Å². The van der Waals surface area contributed by atoms with Gasteiger partial charge in [0.25, 0.3) is 5.56 Å². The molecule has 1 aromatic carbocycles. The molecular formula is C17H23N4NaO10S. The third-order valence-electron chi connectivity index (χ3n) is 4.57. The van der Waals surface area contributed by atoms with Crippen LogP contribution in [-0.2, 0) is 16.9 Å². The number of aromatic amines is 1. The number of aryl methyl sites for hydroxylation is 2. The van der Waals surface area contributed by atoms with Gasteiger partial charge in [-0.25, -0.2) is 9.78 Å². The topological polar surface area (TPSA) is 236 Å². The van der Waals surface area contributed by atoms with Crippen LogP contribution in [0.15, 0.2) is 21.7 Å². The van der Waals surface area contributed by atoms with Gasteiger partial charge in [-0.05, 0) is 37.1 Å². The summed E-state index contributed by atoms with van der Waals surface area (Å²) in [5, 5.41) is 38.8. The van der Waals surface area contributed by atoms with Crippen LogP contribution < -0.4 is 11.2 Å². The average Bonchev–Trinajstić information content (AvgIpc) is 2.67. The first kappa shape index (κ1) is 29.2. The maximum absolute atomic E-state index is 12.2. The van der Waals surface area contributed by atoms with E-state index in [9.17, 15) is 24.9 Å². The molecular weight excluding hydrogens is 475 g/mol. The van der Waals surface area contributed by atoms with E-state index in [1.54, 1.807) is 12.1 Å². The number of benzene rings is 1.